The Morgan fingerprint density at radius 3 is 2.39 bits per heavy atom. The molecular weight excluding hydrogens is 448 g/mol. The van der Waals surface area contributed by atoms with Crippen molar-refractivity contribution in [3.63, 3.8) is 0 Å². The Balaban J connectivity index is 1.38. The summed E-state index contributed by atoms with van der Waals surface area (Å²) in [5.41, 5.74) is 8.60. The second-order valence-electron chi connectivity index (χ2n) is 8.62. The Labute approximate surface area is 209 Å². The Bertz CT molecular complexity index is 1490. The molecule has 0 spiro atoms. The first kappa shape index (κ1) is 23.3. The molecule has 0 unspecified atom stereocenters. The highest BCUT2D eigenvalue weighted by molar-refractivity contribution is 5.97. The number of aromatic nitrogens is 1. The van der Waals surface area contributed by atoms with Crippen molar-refractivity contribution < 1.29 is 9.52 Å². The van der Waals surface area contributed by atoms with Gasteiger partial charge in [0.15, 0.2) is 0 Å². The smallest absolute Gasteiger partial charge is 0.103 e. The van der Waals surface area contributed by atoms with Gasteiger partial charge in [-0.2, -0.15) is 5.26 Å². The third kappa shape index (κ3) is 5.28. The predicted molar refractivity (Wildman–Crippen MR) is 142 cm³/mol. The largest absolute Gasteiger partial charge is 0.472 e. The molecule has 0 radical (unpaired) electrons. The highest BCUT2D eigenvalue weighted by Gasteiger charge is 2.11. The van der Waals surface area contributed by atoms with E-state index in [2.05, 4.69) is 70.2 Å². The normalized spacial score (nSPS) is 10.9. The molecular formula is C30H26N4O2. The number of rotatable bonds is 9. The molecule has 6 nitrogen and oxygen atoms in total. The SMILES string of the molecule is N#Cc1cnc2cc(-c3ccc(CNCCO)cc3)ccc2c1Nc1ccc(Cc2ccoc2)cc1. The molecule has 36 heavy (non-hydrogen) atoms. The van der Waals surface area contributed by atoms with Crippen LogP contribution in [0.1, 0.15) is 22.3 Å². The number of hydrogen-bond donors (Lipinski definition) is 3. The summed E-state index contributed by atoms with van der Waals surface area (Å²) in [6.45, 7) is 1.43. The van der Waals surface area contributed by atoms with E-state index >= 15 is 0 Å². The molecule has 178 valence electrons. The van der Waals surface area contributed by atoms with Gasteiger partial charge in [0, 0.05) is 36.8 Å². The fraction of sp³-hybridized carbons (Fsp3) is 0.133. The molecule has 3 N–H and O–H groups in total. The van der Waals surface area contributed by atoms with Crippen molar-refractivity contribution in [2.24, 2.45) is 0 Å². The molecule has 6 heteroatoms. The molecule has 0 amide bonds. The van der Waals surface area contributed by atoms with Gasteiger partial charge in [-0.3, -0.25) is 4.98 Å². The molecule has 0 aliphatic heterocycles. The van der Waals surface area contributed by atoms with Gasteiger partial charge in [0.05, 0.1) is 35.9 Å². The van der Waals surface area contributed by atoms with Gasteiger partial charge in [0.2, 0.25) is 0 Å². The number of nitriles is 1. The standard InChI is InChI=1S/C30H26N4O2/c31-17-26-19-33-29-16-25(24-5-1-22(2-6-24)18-32-12-13-35)7-10-28(29)30(26)34-27-8-3-21(4-9-27)15-23-11-14-36-20-23/h1-11,14,16,19-20,32,35H,12-13,15,18H2,(H,33,34). The fourth-order valence-corrected chi connectivity index (χ4v) is 4.20. The van der Waals surface area contributed by atoms with Crippen molar-refractivity contribution in [2.75, 3.05) is 18.5 Å². The summed E-state index contributed by atoms with van der Waals surface area (Å²) in [7, 11) is 0. The Morgan fingerprint density at radius 1 is 0.889 bits per heavy atom. The molecule has 3 aromatic carbocycles. The first-order chi connectivity index (χ1) is 17.7. The van der Waals surface area contributed by atoms with Gasteiger partial charge in [-0.1, -0.05) is 48.5 Å². The Kier molecular flexibility index (Phi) is 7.04. The van der Waals surface area contributed by atoms with E-state index in [0.717, 1.165) is 57.5 Å². The molecule has 0 saturated heterocycles. The number of benzene rings is 3. The van der Waals surface area contributed by atoms with E-state index in [0.29, 0.717) is 12.1 Å². The monoisotopic (exact) mass is 474 g/mol. The quantitative estimate of drug-likeness (QED) is 0.234. The second kappa shape index (κ2) is 10.9. The zero-order valence-electron chi connectivity index (χ0n) is 19.7. The summed E-state index contributed by atoms with van der Waals surface area (Å²) < 4.78 is 5.16. The Morgan fingerprint density at radius 2 is 1.67 bits per heavy atom. The van der Waals surface area contributed by atoms with Crippen LogP contribution in [-0.2, 0) is 13.0 Å². The molecule has 2 heterocycles. The van der Waals surface area contributed by atoms with Crippen LogP contribution in [0.15, 0.2) is 95.9 Å². The zero-order valence-corrected chi connectivity index (χ0v) is 19.7. The van der Waals surface area contributed by atoms with Crippen LogP contribution >= 0.6 is 0 Å². The molecule has 5 rings (SSSR count). The molecule has 0 saturated carbocycles. The number of anilines is 2. The number of hydrogen-bond acceptors (Lipinski definition) is 6. The van der Waals surface area contributed by atoms with Crippen molar-refractivity contribution in [3.8, 4) is 17.2 Å². The number of fused-ring (bicyclic) bond motifs is 1. The minimum absolute atomic E-state index is 0.129. The van der Waals surface area contributed by atoms with E-state index in [1.165, 1.54) is 5.56 Å². The topological polar surface area (TPSA) is 94.1 Å². The Hall–Kier alpha value is -4.44. The maximum Gasteiger partial charge on any atom is 0.103 e. The average molecular weight is 475 g/mol. The number of nitrogens with zero attached hydrogens (tertiary/aromatic N) is 2. The number of aliphatic hydroxyl groups is 1. The summed E-state index contributed by atoms with van der Waals surface area (Å²) in [6, 6.07) is 26.9. The number of nitrogens with one attached hydrogen (secondary N) is 2. The fourth-order valence-electron chi connectivity index (χ4n) is 4.20. The van der Waals surface area contributed by atoms with Crippen LogP contribution in [0, 0.1) is 11.3 Å². The highest BCUT2D eigenvalue weighted by atomic mass is 16.3. The molecule has 0 bridgehead atoms. The predicted octanol–water partition coefficient (Wildman–Crippen LogP) is 5.78. The van der Waals surface area contributed by atoms with E-state index < -0.39 is 0 Å². The highest BCUT2D eigenvalue weighted by Crippen LogP contribution is 2.32. The second-order valence-corrected chi connectivity index (χ2v) is 8.62. The summed E-state index contributed by atoms with van der Waals surface area (Å²) in [6.07, 6.45) is 5.87. The van der Waals surface area contributed by atoms with Gasteiger partial charge < -0.3 is 20.2 Å². The van der Waals surface area contributed by atoms with Crippen LogP contribution in [0.25, 0.3) is 22.0 Å². The van der Waals surface area contributed by atoms with Gasteiger partial charge in [-0.25, -0.2) is 0 Å². The van der Waals surface area contributed by atoms with Crippen molar-refractivity contribution >= 4 is 22.3 Å². The number of aliphatic hydroxyl groups excluding tert-OH is 1. The number of furan rings is 1. The summed E-state index contributed by atoms with van der Waals surface area (Å²) >= 11 is 0. The minimum Gasteiger partial charge on any atom is -0.472 e. The van der Waals surface area contributed by atoms with Crippen molar-refractivity contribution in [1.82, 2.24) is 10.3 Å². The van der Waals surface area contributed by atoms with Gasteiger partial charge in [0.1, 0.15) is 6.07 Å². The summed E-state index contributed by atoms with van der Waals surface area (Å²) in [5, 5.41) is 26.2. The third-order valence-corrected chi connectivity index (χ3v) is 6.11. The maximum absolute atomic E-state index is 9.72. The minimum atomic E-state index is 0.129. The van der Waals surface area contributed by atoms with E-state index in [-0.39, 0.29) is 6.61 Å². The lowest BCUT2D eigenvalue weighted by molar-refractivity contribution is 0.292. The summed E-state index contributed by atoms with van der Waals surface area (Å²) in [4.78, 5) is 4.56. The molecule has 0 fully saturated rings. The first-order valence-electron chi connectivity index (χ1n) is 11.8. The maximum atomic E-state index is 9.72. The molecule has 0 aliphatic carbocycles. The zero-order chi connectivity index (χ0) is 24.7. The van der Waals surface area contributed by atoms with Crippen molar-refractivity contribution in [1.29, 1.82) is 5.26 Å². The van der Waals surface area contributed by atoms with E-state index in [9.17, 15) is 5.26 Å². The van der Waals surface area contributed by atoms with E-state index in [1.54, 1.807) is 18.7 Å². The van der Waals surface area contributed by atoms with Crippen LogP contribution in [0.5, 0.6) is 0 Å². The van der Waals surface area contributed by atoms with Gasteiger partial charge in [0.25, 0.3) is 0 Å². The number of pyridine rings is 1. The molecule has 0 atom stereocenters. The van der Waals surface area contributed by atoms with Crippen LogP contribution in [0.3, 0.4) is 0 Å². The summed E-state index contributed by atoms with van der Waals surface area (Å²) in [5.74, 6) is 0. The van der Waals surface area contributed by atoms with E-state index in [4.69, 9.17) is 9.52 Å². The first-order valence-corrected chi connectivity index (χ1v) is 11.8. The van der Waals surface area contributed by atoms with E-state index in [1.807, 2.05) is 24.3 Å². The van der Waals surface area contributed by atoms with Crippen molar-refractivity contribution in [3.05, 3.63) is 114 Å². The molecule has 0 aliphatic rings. The van der Waals surface area contributed by atoms with Crippen molar-refractivity contribution in [2.45, 2.75) is 13.0 Å². The third-order valence-electron chi connectivity index (χ3n) is 6.11. The molecule has 5 aromatic rings. The van der Waals surface area contributed by atoms with Gasteiger partial charge in [-0.05, 0) is 52.1 Å². The van der Waals surface area contributed by atoms with Crippen LogP contribution < -0.4 is 10.6 Å². The van der Waals surface area contributed by atoms with Crippen LogP contribution in [0.2, 0.25) is 0 Å². The average Bonchev–Trinajstić information content (AvgIpc) is 3.43. The lowest BCUT2D eigenvalue weighted by Gasteiger charge is -2.13. The lowest BCUT2D eigenvalue weighted by atomic mass is 10.0. The van der Waals surface area contributed by atoms with Gasteiger partial charge in [-0.15, -0.1) is 0 Å². The lowest BCUT2D eigenvalue weighted by Crippen LogP contribution is -2.17. The van der Waals surface area contributed by atoms with Crippen LogP contribution in [-0.4, -0.2) is 23.2 Å². The van der Waals surface area contributed by atoms with Crippen LogP contribution in [0.4, 0.5) is 11.4 Å². The van der Waals surface area contributed by atoms with Gasteiger partial charge >= 0.3 is 0 Å². The molecule has 2 aromatic heterocycles.